The zero-order chi connectivity index (χ0) is 25.5. The molecule has 0 saturated heterocycles. The number of aliphatic hydroxyl groups is 2. The van der Waals surface area contributed by atoms with Crippen LogP contribution in [0.15, 0.2) is 24.3 Å². The molecule has 0 spiro atoms. The molecule has 0 heterocycles. The predicted octanol–water partition coefficient (Wildman–Crippen LogP) is 6.52. The summed E-state index contributed by atoms with van der Waals surface area (Å²) in [4.78, 5) is 0. The lowest BCUT2D eigenvalue weighted by Gasteiger charge is -2.57. The van der Waals surface area contributed by atoms with Crippen LogP contribution in [-0.2, 0) is 10.8 Å². The van der Waals surface area contributed by atoms with E-state index >= 15 is 0 Å². The highest BCUT2D eigenvalue weighted by Gasteiger charge is 2.54. The van der Waals surface area contributed by atoms with Crippen molar-refractivity contribution in [1.82, 2.24) is 0 Å². The largest absolute Gasteiger partial charge is 0.491 e. The van der Waals surface area contributed by atoms with E-state index in [2.05, 4.69) is 24.3 Å². The third-order valence-corrected chi connectivity index (χ3v) is 12.0. The van der Waals surface area contributed by atoms with Crippen molar-refractivity contribution >= 4 is 10.8 Å². The van der Waals surface area contributed by atoms with Crippen LogP contribution in [0.4, 0.5) is 0 Å². The number of benzene rings is 2. The topological polar surface area (TPSA) is 58.9 Å². The molecule has 8 bridgehead atoms. The smallest absolute Gasteiger partial charge is 0.123 e. The monoisotopic (exact) mass is 516 g/mol. The predicted molar refractivity (Wildman–Crippen MR) is 149 cm³/mol. The fourth-order valence-corrected chi connectivity index (χ4v) is 11.6. The van der Waals surface area contributed by atoms with Crippen molar-refractivity contribution in [3.63, 3.8) is 0 Å². The van der Waals surface area contributed by atoms with E-state index in [9.17, 15) is 10.2 Å². The lowest BCUT2D eigenvalue weighted by molar-refractivity contribution is -0.00654. The zero-order valence-corrected chi connectivity index (χ0v) is 22.8. The highest BCUT2D eigenvalue weighted by Crippen LogP contribution is 2.64. The molecular formula is C34H44O4. The van der Waals surface area contributed by atoms with Crippen LogP contribution in [0.3, 0.4) is 0 Å². The summed E-state index contributed by atoms with van der Waals surface area (Å²) in [6.07, 6.45) is 16.4. The van der Waals surface area contributed by atoms with Gasteiger partial charge in [-0.3, -0.25) is 0 Å². The van der Waals surface area contributed by atoms with E-state index in [0.717, 1.165) is 52.4 Å². The minimum atomic E-state index is 0.0359. The second kappa shape index (κ2) is 8.86. The molecule has 0 unspecified atom stereocenters. The maximum Gasteiger partial charge on any atom is 0.123 e. The molecule has 2 aromatic rings. The molecule has 8 aliphatic rings. The third kappa shape index (κ3) is 3.76. The summed E-state index contributed by atoms with van der Waals surface area (Å²) < 4.78 is 12.6. The van der Waals surface area contributed by atoms with Crippen molar-refractivity contribution in [3.8, 4) is 11.5 Å². The van der Waals surface area contributed by atoms with E-state index < -0.39 is 0 Å². The molecule has 0 atom stereocenters. The Balaban J connectivity index is 1.27. The summed E-state index contributed by atoms with van der Waals surface area (Å²) >= 11 is 0. The van der Waals surface area contributed by atoms with Crippen LogP contribution in [0.2, 0.25) is 0 Å². The van der Waals surface area contributed by atoms with Gasteiger partial charge in [0.15, 0.2) is 0 Å². The van der Waals surface area contributed by atoms with Crippen molar-refractivity contribution in [1.29, 1.82) is 0 Å². The Morgan fingerprint density at radius 2 is 0.842 bits per heavy atom. The zero-order valence-electron chi connectivity index (χ0n) is 22.8. The van der Waals surface area contributed by atoms with Gasteiger partial charge in [0.05, 0.1) is 13.2 Å². The van der Waals surface area contributed by atoms with Crippen LogP contribution in [-0.4, -0.2) is 36.6 Å². The van der Waals surface area contributed by atoms with Crippen molar-refractivity contribution in [2.24, 2.45) is 35.5 Å². The van der Waals surface area contributed by atoms with Gasteiger partial charge in [0.1, 0.15) is 24.7 Å². The summed E-state index contributed by atoms with van der Waals surface area (Å²) in [5, 5.41) is 21.7. The molecule has 10 rings (SSSR count). The van der Waals surface area contributed by atoms with Gasteiger partial charge in [0.25, 0.3) is 0 Å². The first-order valence-corrected chi connectivity index (χ1v) is 15.6. The molecule has 2 N–H and O–H groups in total. The molecule has 8 saturated carbocycles. The molecule has 8 aliphatic carbocycles. The van der Waals surface area contributed by atoms with Crippen LogP contribution in [0.5, 0.6) is 11.5 Å². The van der Waals surface area contributed by atoms with Gasteiger partial charge in [-0.1, -0.05) is 0 Å². The lowest BCUT2D eigenvalue weighted by Crippen LogP contribution is -2.48. The van der Waals surface area contributed by atoms with Gasteiger partial charge in [-0.05, 0) is 158 Å². The number of hydrogen-bond donors (Lipinski definition) is 2. The van der Waals surface area contributed by atoms with E-state index in [4.69, 9.17) is 9.47 Å². The number of fused-ring (bicyclic) bond motifs is 1. The summed E-state index contributed by atoms with van der Waals surface area (Å²) in [6, 6.07) is 9.48. The molecular weight excluding hydrogens is 472 g/mol. The number of hydrogen-bond acceptors (Lipinski definition) is 4. The molecule has 0 radical (unpaired) electrons. The molecule has 2 aromatic carbocycles. The van der Waals surface area contributed by atoms with Crippen LogP contribution < -0.4 is 9.47 Å². The normalized spacial score (nSPS) is 40.3. The van der Waals surface area contributed by atoms with Crippen molar-refractivity contribution in [2.45, 2.75) is 87.9 Å². The summed E-state index contributed by atoms with van der Waals surface area (Å²) in [6.45, 7) is 0.747. The highest BCUT2D eigenvalue weighted by atomic mass is 16.5. The first-order chi connectivity index (χ1) is 18.5. The van der Waals surface area contributed by atoms with Gasteiger partial charge in [0, 0.05) is 11.1 Å². The third-order valence-electron chi connectivity index (χ3n) is 12.0. The Hall–Kier alpha value is -1.78. The maximum absolute atomic E-state index is 9.63. The number of aliphatic hydroxyl groups excluding tert-OH is 2. The lowest BCUT2D eigenvalue weighted by atomic mass is 9.47. The van der Waals surface area contributed by atoms with Gasteiger partial charge in [0.2, 0.25) is 0 Å². The molecule has 0 amide bonds. The SMILES string of the molecule is OCCOc1cc2cc(OCCO)c(C34CC5CC(CC(C5)C3)C4)cc2cc1C12CC3CC(CC(C3)C1)C2. The summed E-state index contributed by atoms with van der Waals surface area (Å²) in [7, 11) is 0. The van der Waals surface area contributed by atoms with E-state index in [0.29, 0.717) is 13.2 Å². The van der Waals surface area contributed by atoms with Gasteiger partial charge in [-0.15, -0.1) is 0 Å². The standard InChI is InChI=1S/C34H44O4/c35-1-3-37-31-13-28-14-32(38-4-2-36)30(34-18-24-8-25(19-34)10-26(9-24)20-34)12-27(28)11-29(31)33-15-21-5-22(16-33)7-23(6-21)17-33/h11-14,21-26,35-36H,1-10,15-20H2. The fraction of sp³-hybridized carbons (Fsp3) is 0.706. The van der Waals surface area contributed by atoms with E-state index in [1.807, 2.05) is 0 Å². The van der Waals surface area contributed by atoms with Gasteiger partial charge in [-0.25, -0.2) is 0 Å². The second-order valence-corrected chi connectivity index (χ2v) is 14.6. The Kier molecular flexibility index (Phi) is 5.61. The van der Waals surface area contributed by atoms with Crippen LogP contribution >= 0.6 is 0 Å². The molecule has 204 valence electrons. The minimum absolute atomic E-state index is 0.0359. The van der Waals surface area contributed by atoms with Gasteiger partial charge >= 0.3 is 0 Å². The second-order valence-electron chi connectivity index (χ2n) is 14.6. The first-order valence-electron chi connectivity index (χ1n) is 15.6. The molecule has 0 aliphatic heterocycles. The highest BCUT2D eigenvalue weighted by molar-refractivity contribution is 5.88. The first kappa shape index (κ1) is 24.1. The Morgan fingerprint density at radius 3 is 1.16 bits per heavy atom. The van der Waals surface area contributed by atoms with Crippen LogP contribution in [0.1, 0.15) is 88.2 Å². The van der Waals surface area contributed by atoms with Crippen LogP contribution in [0, 0.1) is 35.5 Å². The molecule has 8 fully saturated rings. The van der Waals surface area contributed by atoms with Crippen molar-refractivity contribution < 1.29 is 19.7 Å². The molecule has 4 heteroatoms. The Labute approximate surface area is 227 Å². The fourth-order valence-electron chi connectivity index (χ4n) is 11.6. The summed E-state index contributed by atoms with van der Waals surface area (Å²) in [5.41, 5.74) is 3.30. The van der Waals surface area contributed by atoms with E-state index in [1.165, 1.54) is 93.6 Å². The Morgan fingerprint density at radius 1 is 0.526 bits per heavy atom. The maximum atomic E-state index is 9.63. The van der Waals surface area contributed by atoms with Gasteiger partial charge < -0.3 is 19.7 Å². The quantitative estimate of drug-likeness (QED) is 0.420. The summed E-state index contributed by atoms with van der Waals surface area (Å²) in [5.74, 6) is 7.20. The van der Waals surface area contributed by atoms with Gasteiger partial charge in [-0.2, -0.15) is 0 Å². The number of rotatable bonds is 8. The average molecular weight is 517 g/mol. The molecule has 0 aromatic heterocycles. The van der Waals surface area contributed by atoms with Crippen LogP contribution in [0.25, 0.3) is 10.8 Å². The molecule has 4 nitrogen and oxygen atoms in total. The average Bonchev–Trinajstić information content (AvgIpc) is 2.88. The Bertz CT molecular complexity index is 1070. The van der Waals surface area contributed by atoms with Crippen molar-refractivity contribution in [2.75, 3.05) is 26.4 Å². The van der Waals surface area contributed by atoms with E-state index in [-0.39, 0.29) is 24.0 Å². The van der Waals surface area contributed by atoms with Crippen molar-refractivity contribution in [3.05, 3.63) is 35.4 Å². The van der Waals surface area contributed by atoms with E-state index in [1.54, 1.807) is 0 Å². The minimum Gasteiger partial charge on any atom is -0.491 e. The number of ether oxygens (including phenoxy) is 2. The molecule has 38 heavy (non-hydrogen) atoms.